The summed E-state index contributed by atoms with van der Waals surface area (Å²) in [5.74, 6) is -1.78. The average molecular weight is 467 g/mol. The van der Waals surface area contributed by atoms with E-state index in [9.17, 15) is 22.8 Å². The number of allylic oxidation sites excluding steroid dienone is 2. The van der Waals surface area contributed by atoms with Crippen molar-refractivity contribution in [2.75, 3.05) is 26.4 Å². The fraction of sp³-hybridized carbons (Fsp3) is 0.522. The molecule has 1 aliphatic heterocycles. The first-order valence-electron chi connectivity index (χ1n) is 10.7. The quantitative estimate of drug-likeness (QED) is 0.469. The summed E-state index contributed by atoms with van der Waals surface area (Å²) in [6.07, 6.45) is -2.78. The van der Waals surface area contributed by atoms with Crippen molar-refractivity contribution < 1.29 is 32.2 Å². The number of pyridine rings is 1. The van der Waals surface area contributed by atoms with Crippen LogP contribution in [-0.2, 0) is 25.2 Å². The molecule has 0 saturated heterocycles. The maximum atomic E-state index is 13.2. The number of ketones is 1. The van der Waals surface area contributed by atoms with Gasteiger partial charge in [0.25, 0.3) is 0 Å². The topological polar surface area (TPSA) is 104 Å². The highest BCUT2D eigenvalue weighted by molar-refractivity contribution is 6.04. The van der Waals surface area contributed by atoms with Gasteiger partial charge in [0.2, 0.25) is 0 Å². The lowest BCUT2D eigenvalue weighted by Crippen LogP contribution is -2.40. The Balaban J connectivity index is 2.17. The monoisotopic (exact) mass is 467 g/mol. The van der Waals surface area contributed by atoms with E-state index in [1.54, 1.807) is 6.92 Å². The van der Waals surface area contributed by atoms with Crippen LogP contribution < -0.4 is 11.1 Å². The predicted molar refractivity (Wildman–Crippen MR) is 114 cm³/mol. The van der Waals surface area contributed by atoms with Crippen LogP contribution >= 0.6 is 0 Å². The lowest BCUT2D eigenvalue weighted by Gasteiger charge is -2.39. The van der Waals surface area contributed by atoms with Crippen molar-refractivity contribution in [1.82, 2.24) is 10.3 Å². The van der Waals surface area contributed by atoms with Crippen LogP contribution in [0.2, 0.25) is 0 Å². The van der Waals surface area contributed by atoms with Crippen LogP contribution in [0, 0.1) is 5.41 Å². The standard InChI is InChI=1S/C23H28F3N3O4/c1-4-33-21(31)20-15(12-32-8-7-27)29-14-9-22(2,3)10-16(30)19(14)18(20)13-5-6-17(28-11-13)23(24,25)26/h5-6,11,18,29H,4,7-10,12,27H2,1-3H3. The molecule has 10 heteroatoms. The zero-order valence-electron chi connectivity index (χ0n) is 18.8. The van der Waals surface area contributed by atoms with Gasteiger partial charge in [-0.1, -0.05) is 19.9 Å². The van der Waals surface area contributed by atoms with Crippen LogP contribution in [0.25, 0.3) is 0 Å². The fourth-order valence-corrected chi connectivity index (χ4v) is 4.25. The highest BCUT2D eigenvalue weighted by atomic mass is 19.4. The number of alkyl halides is 3. The number of nitrogens with two attached hydrogens (primary N) is 1. The molecule has 0 saturated carbocycles. The number of ether oxygens (including phenoxy) is 2. The minimum Gasteiger partial charge on any atom is -0.463 e. The van der Waals surface area contributed by atoms with Gasteiger partial charge in [-0.25, -0.2) is 4.79 Å². The molecular weight excluding hydrogens is 439 g/mol. The van der Waals surface area contributed by atoms with Crippen LogP contribution in [0.3, 0.4) is 0 Å². The number of carbonyl (C=O) groups is 2. The summed E-state index contributed by atoms with van der Waals surface area (Å²) in [4.78, 5) is 29.8. The van der Waals surface area contributed by atoms with Gasteiger partial charge in [-0.2, -0.15) is 13.2 Å². The molecule has 0 spiro atoms. The first kappa shape index (κ1) is 24.9. The first-order chi connectivity index (χ1) is 15.5. The molecule has 180 valence electrons. The zero-order chi connectivity index (χ0) is 24.4. The van der Waals surface area contributed by atoms with Crippen LogP contribution in [0.4, 0.5) is 13.2 Å². The van der Waals surface area contributed by atoms with E-state index in [2.05, 4.69) is 10.3 Å². The van der Waals surface area contributed by atoms with Crippen LogP contribution in [-0.4, -0.2) is 43.1 Å². The number of hydrogen-bond donors (Lipinski definition) is 2. The van der Waals surface area contributed by atoms with Gasteiger partial charge in [-0.15, -0.1) is 0 Å². The van der Waals surface area contributed by atoms with Gasteiger partial charge in [0.15, 0.2) is 5.78 Å². The first-order valence-corrected chi connectivity index (χ1v) is 10.7. The van der Waals surface area contributed by atoms with Gasteiger partial charge in [-0.3, -0.25) is 9.78 Å². The Bertz CT molecular complexity index is 982. The van der Waals surface area contributed by atoms with Gasteiger partial charge in [0, 0.05) is 36.4 Å². The number of nitrogens with zero attached hydrogens (tertiary/aromatic N) is 1. The molecule has 1 aliphatic carbocycles. The third kappa shape index (κ3) is 5.44. The SMILES string of the molecule is CCOC(=O)C1=C(COCCN)NC2=C(C(=O)CC(C)(C)C2)C1c1ccc(C(F)(F)F)nc1. The number of esters is 1. The minimum atomic E-state index is -4.61. The van der Waals surface area contributed by atoms with Crippen molar-refractivity contribution in [3.05, 3.63) is 52.1 Å². The number of dihydropyridines is 1. The highest BCUT2D eigenvalue weighted by Gasteiger charge is 2.44. The normalized spacial score (nSPS) is 20.5. The van der Waals surface area contributed by atoms with Gasteiger partial charge in [0.1, 0.15) is 5.69 Å². The number of halogens is 3. The molecule has 3 N–H and O–H groups in total. The average Bonchev–Trinajstić information content (AvgIpc) is 2.71. The zero-order valence-corrected chi connectivity index (χ0v) is 18.8. The van der Waals surface area contributed by atoms with E-state index >= 15 is 0 Å². The number of nitrogens with one attached hydrogen (secondary N) is 1. The number of Topliss-reactive ketones (excluding diaryl/α,β-unsaturated/α-hetero) is 1. The molecule has 0 aromatic carbocycles. The van der Waals surface area contributed by atoms with Gasteiger partial charge >= 0.3 is 12.1 Å². The third-order valence-corrected chi connectivity index (χ3v) is 5.54. The summed E-state index contributed by atoms with van der Waals surface area (Å²) in [6, 6.07) is 2.10. The van der Waals surface area contributed by atoms with E-state index in [-0.39, 0.29) is 49.6 Å². The van der Waals surface area contributed by atoms with E-state index in [1.807, 2.05) is 13.8 Å². The molecule has 3 rings (SSSR count). The Kier molecular flexibility index (Phi) is 7.28. The largest absolute Gasteiger partial charge is 0.463 e. The lowest BCUT2D eigenvalue weighted by molar-refractivity contribution is -0.141. The predicted octanol–water partition coefficient (Wildman–Crippen LogP) is 3.22. The van der Waals surface area contributed by atoms with Gasteiger partial charge in [-0.05, 0) is 30.4 Å². The van der Waals surface area contributed by atoms with Gasteiger partial charge < -0.3 is 20.5 Å². The second kappa shape index (κ2) is 9.64. The van der Waals surface area contributed by atoms with Crippen molar-refractivity contribution in [3.8, 4) is 0 Å². The Morgan fingerprint density at radius 2 is 2.03 bits per heavy atom. The summed E-state index contributed by atoms with van der Waals surface area (Å²) in [7, 11) is 0. The molecule has 1 atom stereocenters. The second-order valence-electron chi connectivity index (χ2n) is 8.82. The smallest absolute Gasteiger partial charge is 0.433 e. The van der Waals surface area contributed by atoms with E-state index in [4.69, 9.17) is 15.2 Å². The van der Waals surface area contributed by atoms with Crippen LogP contribution in [0.15, 0.2) is 40.9 Å². The van der Waals surface area contributed by atoms with Gasteiger partial charge in [0.05, 0.1) is 31.1 Å². The molecule has 0 bridgehead atoms. The highest BCUT2D eigenvalue weighted by Crippen LogP contribution is 2.47. The van der Waals surface area contributed by atoms with E-state index in [1.165, 1.54) is 6.07 Å². The number of hydrogen-bond acceptors (Lipinski definition) is 7. The maximum Gasteiger partial charge on any atom is 0.433 e. The van der Waals surface area contributed by atoms with Crippen molar-refractivity contribution >= 4 is 11.8 Å². The molecule has 1 aromatic rings. The molecule has 2 heterocycles. The number of carbonyl (C=O) groups excluding carboxylic acids is 2. The third-order valence-electron chi connectivity index (χ3n) is 5.54. The Hall–Kier alpha value is -2.72. The molecule has 0 amide bonds. The molecule has 2 aliphatic rings. The van der Waals surface area contributed by atoms with E-state index in [0.29, 0.717) is 29.0 Å². The Morgan fingerprint density at radius 1 is 1.30 bits per heavy atom. The fourth-order valence-electron chi connectivity index (χ4n) is 4.25. The van der Waals surface area contributed by atoms with Crippen LogP contribution in [0.1, 0.15) is 50.8 Å². The summed E-state index contributed by atoms with van der Waals surface area (Å²) in [5, 5.41) is 3.20. The number of aromatic nitrogens is 1. The second-order valence-corrected chi connectivity index (χ2v) is 8.82. The molecular formula is C23H28F3N3O4. The number of rotatable bonds is 7. The summed E-state index contributed by atoms with van der Waals surface area (Å²) in [6.45, 7) is 6.16. The minimum absolute atomic E-state index is 0.00130. The molecule has 1 aromatic heterocycles. The van der Waals surface area contributed by atoms with E-state index in [0.717, 1.165) is 12.3 Å². The molecule has 0 fully saturated rings. The summed E-state index contributed by atoms with van der Waals surface area (Å²) in [5.41, 5.74) is 5.92. The molecule has 7 nitrogen and oxygen atoms in total. The lowest BCUT2D eigenvalue weighted by atomic mass is 9.68. The van der Waals surface area contributed by atoms with Crippen molar-refractivity contribution in [3.63, 3.8) is 0 Å². The molecule has 1 unspecified atom stereocenters. The van der Waals surface area contributed by atoms with E-state index < -0.39 is 23.8 Å². The van der Waals surface area contributed by atoms with Crippen molar-refractivity contribution in [2.24, 2.45) is 11.1 Å². The summed E-state index contributed by atoms with van der Waals surface area (Å²) < 4.78 is 50.0. The molecule has 0 radical (unpaired) electrons. The Labute approximate surface area is 190 Å². The van der Waals surface area contributed by atoms with Crippen molar-refractivity contribution in [1.29, 1.82) is 0 Å². The molecule has 33 heavy (non-hydrogen) atoms. The maximum absolute atomic E-state index is 13.2. The Morgan fingerprint density at radius 3 is 2.61 bits per heavy atom. The van der Waals surface area contributed by atoms with Crippen LogP contribution in [0.5, 0.6) is 0 Å². The van der Waals surface area contributed by atoms with Crippen molar-refractivity contribution in [2.45, 2.75) is 45.7 Å². The summed E-state index contributed by atoms with van der Waals surface area (Å²) >= 11 is 0.